The third-order valence-corrected chi connectivity index (χ3v) is 3.71. The van der Waals surface area contributed by atoms with E-state index in [-0.39, 0.29) is 0 Å². The molecule has 0 aliphatic rings. The normalized spacial score (nSPS) is 10.3. The highest BCUT2D eigenvalue weighted by molar-refractivity contribution is 5.71. The molecule has 0 bridgehead atoms. The van der Waals surface area contributed by atoms with E-state index in [0.717, 1.165) is 17.1 Å². The van der Waals surface area contributed by atoms with Crippen LogP contribution >= 0.6 is 0 Å². The number of ether oxygens (including phenoxy) is 2. The van der Waals surface area contributed by atoms with Gasteiger partial charge in [-0.05, 0) is 46.5 Å². The van der Waals surface area contributed by atoms with Crippen molar-refractivity contribution in [3.8, 4) is 33.8 Å². The number of rotatable bonds is 4. The summed E-state index contributed by atoms with van der Waals surface area (Å²) in [6.07, 6.45) is 0. The summed E-state index contributed by atoms with van der Waals surface area (Å²) in [4.78, 5) is 0. The third-order valence-electron chi connectivity index (χ3n) is 3.71. The van der Waals surface area contributed by atoms with E-state index in [9.17, 15) is 0 Å². The molecule has 0 N–H and O–H groups in total. The van der Waals surface area contributed by atoms with Crippen molar-refractivity contribution in [3.63, 3.8) is 0 Å². The summed E-state index contributed by atoms with van der Waals surface area (Å²) in [5.74, 6) is 1.74. The molecule has 0 aromatic heterocycles. The van der Waals surface area contributed by atoms with Crippen molar-refractivity contribution in [2.45, 2.75) is 0 Å². The molecule has 0 aliphatic heterocycles. The highest BCUT2D eigenvalue weighted by Gasteiger charge is 2.02. The maximum absolute atomic E-state index is 5.28. The van der Waals surface area contributed by atoms with Gasteiger partial charge in [-0.15, -0.1) is 0 Å². The fourth-order valence-corrected chi connectivity index (χ4v) is 2.44. The number of methoxy groups -OCH3 is 2. The lowest BCUT2D eigenvalue weighted by Crippen LogP contribution is -1.85. The second-order valence-electron chi connectivity index (χ2n) is 5.04. The Bertz CT molecular complexity index is 743. The predicted molar refractivity (Wildman–Crippen MR) is 90.4 cm³/mol. The lowest BCUT2D eigenvalue weighted by Gasteiger charge is -2.07. The average Bonchev–Trinajstić information content (AvgIpc) is 2.62. The van der Waals surface area contributed by atoms with Crippen molar-refractivity contribution >= 4 is 0 Å². The van der Waals surface area contributed by atoms with Crippen LogP contribution in [0.1, 0.15) is 0 Å². The van der Waals surface area contributed by atoms with Crippen molar-refractivity contribution in [2.24, 2.45) is 0 Å². The first-order chi connectivity index (χ1) is 10.8. The van der Waals surface area contributed by atoms with Crippen LogP contribution in [0.15, 0.2) is 72.8 Å². The molecule has 0 spiro atoms. The Balaban J connectivity index is 1.88. The van der Waals surface area contributed by atoms with Crippen LogP contribution in [0.25, 0.3) is 22.3 Å². The summed E-state index contributed by atoms with van der Waals surface area (Å²) in [5, 5.41) is 0. The molecule has 0 unspecified atom stereocenters. The summed E-state index contributed by atoms with van der Waals surface area (Å²) < 4.78 is 10.5. The molecule has 0 heterocycles. The zero-order valence-electron chi connectivity index (χ0n) is 12.7. The minimum absolute atomic E-state index is 0.872. The first-order valence-corrected chi connectivity index (χ1v) is 7.19. The van der Waals surface area contributed by atoms with Crippen LogP contribution in [-0.4, -0.2) is 14.2 Å². The zero-order chi connectivity index (χ0) is 15.4. The van der Waals surface area contributed by atoms with E-state index in [1.54, 1.807) is 14.2 Å². The van der Waals surface area contributed by atoms with Gasteiger partial charge in [0.2, 0.25) is 0 Å². The standard InChI is InChI=1S/C20H18O2/c1-21-19-12-10-16(11-13-19)15-6-8-17(9-7-15)18-4-3-5-20(14-18)22-2/h3-14H,1-2H3. The van der Waals surface area contributed by atoms with Crippen LogP contribution in [0.3, 0.4) is 0 Å². The fraction of sp³-hybridized carbons (Fsp3) is 0.100. The van der Waals surface area contributed by atoms with Crippen LogP contribution < -0.4 is 9.47 Å². The quantitative estimate of drug-likeness (QED) is 0.670. The first kappa shape index (κ1) is 14.2. The molecule has 0 atom stereocenters. The Hall–Kier alpha value is -2.74. The van der Waals surface area contributed by atoms with Crippen molar-refractivity contribution in [1.29, 1.82) is 0 Å². The highest BCUT2D eigenvalue weighted by atomic mass is 16.5. The van der Waals surface area contributed by atoms with Crippen molar-refractivity contribution in [2.75, 3.05) is 14.2 Å². The Morgan fingerprint density at radius 2 is 1.00 bits per heavy atom. The van der Waals surface area contributed by atoms with Gasteiger partial charge in [0.15, 0.2) is 0 Å². The lowest BCUT2D eigenvalue weighted by atomic mass is 10.0. The van der Waals surface area contributed by atoms with Gasteiger partial charge < -0.3 is 9.47 Å². The molecule has 2 nitrogen and oxygen atoms in total. The Labute approximate surface area is 131 Å². The van der Waals surface area contributed by atoms with Crippen molar-refractivity contribution in [3.05, 3.63) is 72.8 Å². The van der Waals surface area contributed by atoms with Gasteiger partial charge in [-0.2, -0.15) is 0 Å². The minimum atomic E-state index is 0.872. The van der Waals surface area contributed by atoms with Gasteiger partial charge in [-0.3, -0.25) is 0 Å². The van der Waals surface area contributed by atoms with Crippen molar-refractivity contribution < 1.29 is 9.47 Å². The van der Waals surface area contributed by atoms with Gasteiger partial charge in [-0.25, -0.2) is 0 Å². The van der Waals surface area contributed by atoms with E-state index >= 15 is 0 Å². The maximum Gasteiger partial charge on any atom is 0.119 e. The fourth-order valence-electron chi connectivity index (χ4n) is 2.44. The molecule has 2 heteroatoms. The Morgan fingerprint density at radius 3 is 1.55 bits per heavy atom. The topological polar surface area (TPSA) is 18.5 Å². The van der Waals surface area contributed by atoms with Gasteiger partial charge in [0, 0.05) is 0 Å². The SMILES string of the molecule is COc1ccc(-c2ccc(-c3cccc(OC)c3)cc2)cc1. The van der Waals surface area contributed by atoms with E-state index in [4.69, 9.17) is 9.47 Å². The van der Waals surface area contributed by atoms with E-state index in [2.05, 4.69) is 42.5 Å². The lowest BCUT2D eigenvalue weighted by molar-refractivity contribution is 0.415. The smallest absolute Gasteiger partial charge is 0.119 e. The molecular formula is C20H18O2. The molecule has 0 fully saturated rings. The number of hydrogen-bond acceptors (Lipinski definition) is 2. The summed E-state index contributed by atoms with van der Waals surface area (Å²) in [6, 6.07) is 24.7. The predicted octanol–water partition coefficient (Wildman–Crippen LogP) is 5.04. The number of hydrogen-bond donors (Lipinski definition) is 0. The van der Waals surface area contributed by atoms with Gasteiger partial charge in [0.1, 0.15) is 11.5 Å². The van der Waals surface area contributed by atoms with Gasteiger partial charge in [-0.1, -0.05) is 48.5 Å². The second kappa shape index (κ2) is 6.35. The van der Waals surface area contributed by atoms with Crippen LogP contribution in [0, 0.1) is 0 Å². The molecular weight excluding hydrogens is 272 g/mol. The Kier molecular flexibility index (Phi) is 4.10. The minimum Gasteiger partial charge on any atom is -0.497 e. The average molecular weight is 290 g/mol. The first-order valence-electron chi connectivity index (χ1n) is 7.19. The van der Waals surface area contributed by atoms with Crippen LogP contribution in [0.2, 0.25) is 0 Å². The monoisotopic (exact) mass is 290 g/mol. The molecule has 0 amide bonds. The molecule has 110 valence electrons. The van der Waals surface area contributed by atoms with Crippen LogP contribution in [0.5, 0.6) is 11.5 Å². The summed E-state index contributed by atoms with van der Waals surface area (Å²) in [6.45, 7) is 0. The highest BCUT2D eigenvalue weighted by Crippen LogP contribution is 2.27. The molecule has 0 radical (unpaired) electrons. The molecule has 22 heavy (non-hydrogen) atoms. The summed E-state index contributed by atoms with van der Waals surface area (Å²) in [7, 11) is 3.36. The third kappa shape index (κ3) is 2.96. The van der Waals surface area contributed by atoms with Gasteiger partial charge >= 0.3 is 0 Å². The number of benzene rings is 3. The molecule has 3 aromatic carbocycles. The van der Waals surface area contributed by atoms with Crippen LogP contribution in [-0.2, 0) is 0 Å². The van der Waals surface area contributed by atoms with E-state index in [0.29, 0.717) is 0 Å². The molecule has 0 aliphatic carbocycles. The summed E-state index contributed by atoms with van der Waals surface area (Å²) >= 11 is 0. The van der Waals surface area contributed by atoms with Crippen molar-refractivity contribution in [1.82, 2.24) is 0 Å². The van der Waals surface area contributed by atoms with E-state index < -0.39 is 0 Å². The Morgan fingerprint density at radius 1 is 0.500 bits per heavy atom. The molecule has 3 rings (SSSR count). The van der Waals surface area contributed by atoms with Crippen LogP contribution in [0.4, 0.5) is 0 Å². The molecule has 3 aromatic rings. The largest absolute Gasteiger partial charge is 0.497 e. The van der Waals surface area contributed by atoms with Gasteiger partial charge in [0.25, 0.3) is 0 Å². The maximum atomic E-state index is 5.28. The van der Waals surface area contributed by atoms with Gasteiger partial charge in [0.05, 0.1) is 14.2 Å². The molecule has 0 saturated heterocycles. The second-order valence-corrected chi connectivity index (χ2v) is 5.04. The van der Waals surface area contributed by atoms with E-state index in [1.165, 1.54) is 16.7 Å². The molecule has 0 saturated carbocycles. The summed E-state index contributed by atoms with van der Waals surface area (Å²) in [5.41, 5.74) is 4.70. The zero-order valence-corrected chi connectivity index (χ0v) is 12.7. The van der Waals surface area contributed by atoms with E-state index in [1.807, 2.05) is 30.3 Å².